The Hall–Kier alpha value is -1.34. The van der Waals surface area contributed by atoms with Gasteiger partial charge < -0.3 is 20.3 Å². The summed E-state index contributed by atoms with van der Waals surface area (Å²) < 4.78 is 5.24. The molecule has 1 heterocycles. The molecular formula is C14H17Cl2N3O3. The topological polar surface area (TPSA) is 70.7 Å². The van der Waals surface area contributed by atoms with Gasteiger partial charge in [-0.05, 0) is 18.2 Å². The third kappa shape index (κ3) is 4.58. The standard InChI is InChI=1S/C14H17Cl2N3O3/c1-19(14(21)12-8-22-5-4-17-12)7-13(20)18-9-2-3-10(15)11(16)6-9/h2-3,6,12,17H,4-5,7-8H2,1H3,(H,18,20). The molecule has 0 radical (unpaired) electrons. The summed E-state index contributed by atoms with van der Waals surface area (Å²) in [4.78, 5) is 25.5. The second kappa shape index (κ2) is 7.78. The Bertz CT molecular complexity index is 562. The second-order valence-corrected chi connectivity index (χ2v) is 5.77. The monoisotopic (exact) mass is 345 g/mol. The lowest BCUT2D eigenvalue weighted by molar-refractivity contribution is -0.137. The van der Waals surface area contributed by atoms with Crippen molar-refractivity contribution in [3.05, 3.63) is 28.2 Å². The van der Waals surface area contributed by atoms with Gasteiger partial charge in [0.15, 0.2) is 0 Å². The molecule has 1 aromatic rings. The fourth-order valence-corrected chi connectivity index (χ4v) is 2.36. The number of halogens is 2. The van der Waals surface area contributed by atoms with Crippen LogP contribution in [0.2, 0.25) is 10.0 Å². The molecule has 22 heavy (non-hydrogen) atoms. The van der Waals surface area contributed by atoms with Gasteiger partial charge in [0.05, 0.1) is 29.8 Å². The summed E-state index contributed by atoms with van der Waals surface area (Å²) in [5, 5.41) is 6.49. The summed E-state index contributed by atoms with van der Waals surface area (Å²) in [7, 11) is 1.58. The fraction of sp³-hybridized carbons (Fsp3) is 0.429. The fourth-order valence-electron chi connectivity index (χ4n) is 2.06. The third-order valence-corrected chi connectivity index (χ3v) is 3.92. The quantitative estimate of drug-likeness (QED) is 0.864. The minimum atomic E-state index is -0.406. The van der Waals surface area contributed by atoms with Crippen molar-refractivity contribution in [1.29, 1.82) is 0 Å². The Kier molecular flexibility index (Phi) is 6.02. The number of benzene rings is 1. The van der Waals surface area contributed by atoms with Crippen molar-refractivity contribution in [2.45, 2.75) is 6.04 Å². The molecule has 2 rings (SSSR count). The van der Waals surface area contributed by atoms with E-state index in [0.29, 0.717) is 35.5 Å². The van der Waals surface area contributed by atoms with Crippen LogP contribution in [-0.4, -0.2) is 56.1 Å². The van der Waals surface area contributed by atoms with Crippen LogP contribution in [0.1, 0.15) is 0 Å². The van der Waals surface area contributed by atoms with Gasteiger partial charge in [-0.25, -0.2) is 0 Å². The smallest absolute Gasteiger partial charge is 0.243 e. The van der Waals surface area contributed by atoms with E-state index >= 15 is 0 Å². The molecule has 8 heteroatoms. The molecule has 120 valence electrons. The van der Waals surface area contributed by atoms with Crippen molar-refractivity contribution in [2.75, 3.05) is 38.7 Å². The summed E-state index contributed by atoms with van der Waals surface area (Å²) in [6.07, 6.45) is 0. The van der Waals surface area contributed by atoms with Crippen LogP contribution in [0.4, 0.5) is 5.69 Å². The molecule has 6 nitrogen and oxygen atoms in total. The summed E-state index contributed by atoms with van der Waals surface area (Å²) >= 11 is 11.7. The van der Waals surface area contributed by atoms with Gasteiger partial charge in [0.1, 0.15) is 6.04 Å². The molecule has 2 amide bonds. The Morgan fingerprint density at radius 2 is 2.18 bits per heavy atom. The van der Waals surface area contributed by atoms with E-state index in [9.17, 15) is 9.59 Å². The van der Waals surface area contributed by atoms with Crippen LogP contribution >= 0.6 is 23.2 Å². The van der Waals surface area contributed by atoms with Crippen LogP contribution < -0.4 is 10.6 Å². The Morgan fingerprint density at radius 3 is 2.82 bits per heavy atom. The third-order valence-electron chi connectivity index (χ3n) is 3.18. The number of amides is 2. The summed E-state index contributed by atoms with van der Waals surface area (Å²) in [5.74, 6) is -0.491. The van der Waals surface area contributed by atoms with Crippen molar-refractivity contribution in [2.24, 2.45) is 0 Å². The SMILES string of the molecule is CN(CC(=O)Nc1ccc(Cl)c(Cl)c1)C(=O)C1COCCN1. The van der Waals surface area contributed by atoms with E-state index in [4.69, 9.17) is 27.9 Å². The molecule has 0 bridgehead atoms. The minimum Gasteiger partial charge on any atom is -0.378 e. The number of hydrogen-bond acceptors (Lipinski definition) is 4. The van der Waals surface area contributed by atoms with Crippen molar-refractivity contribution < 1.29 is 14.3 Å². The predicted octanol–water partition coefficient (Wildman–Crippen LogP) is 1.38. The maximum absolute atomic E-state index is 12.1. The van der Waals surface area contributed by atoms with Gasteiger partial charge in [0.25, 0.3) is 0 Å². The van der Waals surface area contributed by atoms with Gasteiger partial charge in [-0.3, -0.25) is 9.59 Å². The molecule has 1 aromatic carbocycles. The van der Waals surface area contributed by atoms with Gasteiger partial charge in [-0.1, -0.05) is 23.2 Å². The van der Waals surface area contributed by atoms with Crippen LogP contribution in [0.25, 0.3) is 0 Å². The zero-order chi connectivity index (χ0) is 16.1. The minimum absolute atomic E-state index is 0.0583. The molecule has 0 aromatic heterocycles. The first kappa shape index (κ1) is 17.0. The Balaban J connectivity index is 1.87. The van der Waals surface area contributed by atoms with Gasteiger partial charge in [-0.15, -0.1) is 0 Å². The number of carbonyl (C=O) groups excluding carboxylic acids is 2. The summed E-state index contributed by atoms with van der Waals surface area (Å²) in [6.45, 7) is 1.47. The lowest BCUT2D eigenvalue weighted by Crippen LogP contribution is -2.52. The molecule has 1 aliphatic rings. The molecule has 0 aliphatic carbocycles. The number of anilines is 1. The predicted molar refractivity (Wildman–Crippen MR) is 85.3 cm³/mol. The van der Waals surface area contributed by atoms with Crippen LogP contribution in [0.3, 0.4) is 0 Å². The van der Waals surface area contributed by atoms with Gasteiger partial charge >= 0.3 is 0 Å². The molecule has 0 spiro atoms. The average Bonchev–Trinajstić information content (AvgIpc) is 2.51. The zero-order valence-corrected chi connectivity index (χ0v) is 13.6. The maximum Gasteiger partial charge on any atom is 0.243 e. The highest BCUT2D eigenvalue weighted by Crippen LogP contribution is 2.24. The first-order chi connectivity index (χ1) is 10.5. The summed E-state index contributed by atoms with van der Waals surface area (Å²) in [5.41, 5.74) is 0.527. The number of ether oxygens (including phenoxy) is 1. The first-order valence-corrected chi connectivity index (χ1v) is 7.54. The number of carbonyl (C=O) groups is 2. The molecule has 1 unspecified atom stereocenters. The molecule has 1 fully saturated rings. The molecule has 2 N–H and O–H groups in total. The van der Waals surface area contributed by atoms with Crippen LogP contribution in [0.15, 0.2) is 18.2 Å². The second-order valence-electron chi connectivity index (χ2n) is 4.95. The summed E-state index contributed by atoms with van der Waals surface area (Å²) in [6, 6.07) is 4.39. The van der Waals surface area contributed by atoms with E-state index in [0.717, 1.165) is 0 Å². The molecule has 0 saturated carbocycles. The number of rotatable bonds is 4. The number of morpholine rings is 1. The lowest BCUT2D eigenvalue weighted by Gasteiger charge is -2.27. The van der Waals surface area contributed by atoms with Crippen LogP contribution in [0, 0.1) is 0 Å². The van der Waals surface area contributed by atoms with Crippen molar-refractivity contribution in [3.63, 3.8) is 0 Å². The van der Waals surface area contributed by atoms with E-state index in [-0.39, 0.29) is 18.4 Å². The van der Waals surface area contributed by atoms with E-state index in [1.54, 1.807) is 25.2 Å². The number of nitrogens with zero attached hydrogens (tertiary/aromatic N) is 1. The number of likely N-dealkylation sites (N-methyl/N-ethyl adjacent to an activating group) is 1. The van der Waals surface area contributed by atoms with Crippen molar-refractivity contribution in [1.82, 2.24) is 10.2 Å². The maximum atomic E-state index is 12.1. The van der Waals surface area contributed by atoms with Gasteiger partial charge in [-0.2, -0.15) is 0 Å². The number of nitrogens with one attached hydrogen (secondary N) is 2. The zero-order valence-electron chi connectivity index (χ0n) is 12.1. The van der Waals surface area contributed by atoms with Crippen molar-refractivity contribution in [3.8, 4) is 0 Å². The van der Waals surface area contributed by atoms with Crippen molar-refractivity contribution >= 4 is 40.7 Å². The Labute approximate surface area is 138 Å². The first-order valence-electron chi connectivity index (χ1n) is 6.78. The van der Waals surface area contributed by atoms with Crippen LogP contribution in [-0.2, 0) is 14.3 Å². The largest absolute Gasteiger partial charge is 0.378 e. The van der Waals surface area contributed by atoms with E-state index < -0.39 is 6.04 Å². The molecule has 1 saturated heterocycles. The van der Waals surface area contributed by atoms with Gasteiger partial charge in [0.2, 0.25) is 11.8 Å². The highest BCUT2D eigenvalue weighted by Gasteiger charge is 2.25. The highest BCUT2D eigenvalue weighted by atomic mass is 35.5. The lowest BCUT2D eigenvalue weighted by atomic mass is 10.2. The van der Waals surface area contributed by atoms with Crippen LogP contribution in [0.5, 0.6) is 0 Å². The van der Waals surface area contributed by atoms with Gasteiger partial charge in [0, 0.05) is 19.3 Å². The number of hydrogen-bond donors (Lipinski definition) is 2. The van der Waals surface area contributed by atoms with E-state index in [2.05, 4.69) is 10.6 Å². The Morgan fingerprint density at radius 1 is 1.41 bits per heavy atom. The highest BCUT2D eigenvalue weighted by molar-refractivity contribution is 6.42. The molecule has 1 atom stereocenters. The van der Waals surface area contributed by atoms with E-state index in [1.165, 1.54) is 4.90 Å². The average molecular weight is 346 g/mol. The van der Waals surface area contributed by atoms with E-state index in [1.807, 2.05) is 0 Å². The molecular weight excluding hydrogens is 329 g/mol. The molecule has 1 aliphatic heterocycles. The normalized spacial score (nSPS) is 17.9.